The number of primary amides is 1. The smallest absolute Gasteiger partial charge is 0.316 e. The van der Waals surface area contributed by atoms with Gasteiger partial charge in [-0.1, -0.05) is 41.9 Å². The minimum atomic E-state index is -0.601. The molecule has 1 aliphatic rings. The van der Waals surface area contributed by atoms with Crippen LogP contribution in [0.3, 0.4) is 0 Å². The number of rotatable bonds is 5. The van der Waals surface area contributed by atoms with Crippen molar-refractivity contribution in [3.8, 4) is 0 Å². The second-order valence-electron chi connectivity index (χ2n) is 5.87. The van der Waals surface area contributed by atoms with Crippen molar-refractivity contribution in [2.24, 2.45) is 11.7 Å². The zero-order valence-corrected chi connectivity index (χ0v) is 13.7. The lowest BCUT2D eigenvalue weighted by atomic mass is 10.1. The van der Waals surface area contributed by atoms with Gasteiger partial charge in [-0.3, -0.25) is 4.79 Å². The normalized spacial score (nSPS) is 18.7. The molecule has 0 radical (unpaired) electrons. The van der Waals surface area contributed by atoms with Gasteiger partial charge in [-0.15, -0.1) is 0 Å². The van der Waals surface area contributed by atoms with Crippen LogP contribution in [0.2, 0.25) is 5.02 Å². The Balaban J connectivity index is 1.52. The molecule has 0 saturated heterocycles. The maximum absolute atomic E-state index is 12.3. The average Bonchev–Trinajstić information content (AvgIpc) is 3.34. The van der Waals surface area contributed by atoms with Gasteiger partial charge in [0.2, 0.25) is 5.91 Å². The summed E-state index contributed by atoms with van der Waals surface area (Å²) in [5, 5.41) is 6.16. The van der Waals surface area contributed by atoms with Gasteiger partial charge in [-0.05, 0) is 41.7 Å². The minimum absolute atomic E-state index is 0.0132. The van der Waals surface area contributed by atoms with E-state index in [4.69, 9.17) is 17.3 Å². The Morgan fingerprint density at radius 1 is 1.12 bits per heavy atom. The summed E-state index contributed by atoms with van der Waals surface area (Å²) in [7, 11) is 0. The number of anilines is 1. The number of nitrogens with one attached hydrogen (secondary N) is 2. The molecule has 5 nitrogen and oxygen atoms in total. The third-order valence-electron chi connectivity index (χ3n) is 4.12. The number of carbonyl (C=O) groups excluding carboxylic acids is 2. The summed E-state index contributed by atoms with van der Waals surface area (Å²) in [6.07, 6.45) is 0.830. The zero-order chi connectivity index (χ0) is 17.1. The van der Waals surface area contributed by atoms with Crippen LogP contribution in [0.4, 0.5) is 10.5 Å². The Morgan fingerprint density at radius 2 is 1.83 bits per heavy atom. The molecule has 6 heteroatoms. The van der Waals surface area contributed by atoms with Crippen molar-refractivity contribution in [1.29, 1.82) is 0 Å². The van der Waals surface area contributed by atoms with Gasteiger partial charge >= 0.3 is 6.03 Å². The van der Waals surface area contributed by atoms with E-state index in [1.807, 2.05) is 36.4 Å². The molecule has 0 aliphatic heterocycles. The molecule has 3 rings (SSSR count). The molecule has 0 spiro atoms. The van der Waals surface area contributed by atoms with Crippen LogP contribution < -0.4 is 16.4 Å². The number of hydrogen-bond donors (Lipinski definition) is 3. The Morgan fingerprint density at radius 3 is 2.50 bits per heavy atom. The fourth-order valence-corrected chi connectivity index (χ4v) is 3.05. The fraction of sp³-hybridized carbons (Fsp3) is 0.222. The summed E-state index contributed by atoms with van der Waals surface area (Å²) in [6, 6.07) is 14.2. The predicted octanol–water partition coefficient (Wildman–Crippen LogP) is 3.25. The van der Waals surface area contributed by atoms with Crippen molar-refractivity contribution in [3.05, 3.63) is 64.7 Å². The van der Waals surface area contributed by atoms with E-state index in [-0.39, 0.29) is 17.7 Å². The third-order valence-corrected chi connectivity index (χ3v) is 4.46. The van der Waals surface area contributed by atoms with E-state index in [2.05, 4.69) is 10.6 Å². The number of halogens is 1. The summed E-state index contributed by atoms with van der Waals surface area (Å²) < 4.78 is 0. The molecule has 4 N–H and O–H groups in total. The highest BCUT2D eigenvalue weighted by Crippen LogP contribution is 2.49. The fourth-order valence-electron chi connectivity index (χ4n) is 2.77. The highest BCUT2D eigenvalue weighted by molar-refractivity contribution is 6.31. The standard InChI is InChI=1S/C18H18ClN3O2/c19-16-4-2-1-3-13(16)14-9-15(14)17(23)21-10-11-5-7-12(8-6-11)22-18(20)24/h1-8,14-15H,9-10H2,(H,21,23)(H3,20,22,24). The van der Waals surface area contributed by atoms with Crippen LogP contribution in [0, 0.1) is 5.92 Å². The molecule has 0 aromatic heterocycles. The summed E-state index contributed by atoms with van der Waals surface area (Å²) in [5.74, 6) is 0.237. The van der Waals surface area contributed by atoms with Crippen molar-refractivity contribution in [2.75, 3.05) is 5.32 Å². The van der Waals surface area contributed by atoms with Gasteiger partial charge in [0.15, 0.2) is 0 Å². The summed E-state index contributed by atoms with van der Waals surface area (Å²) in [4.78, 5) is 23.0. The van der Waals surface area contributed by atoms with Gasteiger partial charge < -0.3 is 16.4 Å². The molecule has 1 fully saturated rings. The van der Waals surface area contributed by atoms with Crippen molar-refractivity contribution in [1.82, 2.24) is 5.32 Å². The molecule has 2 aromatic carbocycles. The third kappa shape index (κ3) is 3.86. The first-order chi connectivity index (χ1) is 11.5. The van der Waals surface area contributed by atoms with Crippen molar-refractivity contribution < 1.29 is 9.59 Å². The van der Waals surface area contributed by atoms with Crippen LogP contribution in [-0.4, -0.2) is 11.9 Å². The van der Waals surface area contributed by atoms with E-state index in [9.17, 15) is 9.59 Å². The zero-order valence-electron chi connectivity index (χ0n) is 13.0. The van der Waals surface area contributed by atoms with Gasteiger partial charge in [-0.2, -0.15) is 0 Å². The molecule has 0 heterocycles. The molecular formula is C18H18ClN3O2. The molecular weight excluding hydrogens is 326 g/mol. The number of benzene rings is 2. The molecule has 2 aromatic rings. The largest absolute Gasteiger partial charge is 0.352 e. The monoisotopic (exact) mass is 343 g/mol. The van der Waals surface area contributed by atoms with Gasteiger partial charge in [0.05, 0.1) is 0 Å². The highest BCUT2D eigenvalue weighted by Gasteiger charge is 2.44. The number of nitrogens with two attached hydrogens (primary N) is 1. The lowest BCUT2D eigenvalue weighted by Gasteiger charge is -2.07. The van der Waals surface area contributed by atoms with Crippen LogP contribution >= 0.6 is 11.6 Å². The van der Waals surface area contributed by atoms with Crippen LogP contribution in [0.1, 0.15) is 23.5 Å². The van der Waals surface area contributed by atoms with Crippen molar-refractivity contribution in [2.45, 2.75) is 18.9 Å². The predicted molar refractivity (Wildman–Crippen MR) is 93.8 cm³/mol. The van der Waals surface area contributed by atoms with E-state index in [1.165, 1.54) is 0 Å². The molecule has 1 aliphatic carbocycles. The lowest BCUT2D eigenvalue weighted by Crippen LogP contribution is -2.25. The first-order valence-corrected chi connectivity index (χ1v) is 8.10. The molecule has 1 saturated carbocycles. The summed E-state index contributed by atoms with van der Waals surface area (Å²) >= 11 is 6.18. The summed E-state index contributed by atoms with van der Waals surface area (Å²) in [5.41, 5.74) is 7.67. The van der Waals surface area contributed by atoms with Crippen molar-refractivity contribution >= 4 is 29.2 Å². The van der Waals surface area contributed by atoms with Crippen LogP contribution in [0.25, 0.3) is 0 Å². The quantitative estimate of drug-likeness (QED) is 0.778. The van der Waals surface area contributed by atoms with E-state index >= 15 is 0 Å². The molecule has 24 heavy (non-hydrogen) atoms. The first-order valence-electron chi connectivity index (χ1n) is 7.72. The Hall–Kier alpha value is -2.53. The number of amides is 3. The van der Waals surface area contributed by atoms with Crippen LogP contribution in [0.5, 0.6) is 0 Å². The maximum Gasteiger partial charge on any atom is 0.316 e. The SMILES string of the molecule is NC(=O)Nc1ccc(CNC(=O)C2CC2c2ccccc2Cl)cc1. The highest BCUT2D eigenvalue weighted by atomic mass is 35.5. The Bertz CT molecular complexity index is 761. The van der Waals surface area contributed by atoms with E-state index in [0.717, 1.165) is 22.6 Å². The Kier molecular flexibility index (Phi) is 4.71. The first kappa shape index (κ1) is 16.3. The topological polar surface area (TPSA) is 84.2 Å². The van der Waals surface area contributed by atoms with E-state index < -0.39 is 6.03 Å². The van der Waals surface area contributed by atoms with Gasteiger partial charge in [0, 0.05) is 23.2 Å². The molecule has 2 unspecified atom stereocenters. The minimum Gasteiger partial charge on any atom is -0.352 e. The van der Waals surface area contributed by atoms with Crippen LogP contribution in [-0.2, 0) is 11.3 Å². The van der Waals surface area contributed by atoms with Gasteiger partial charge in [0.25, 0.3) is 0 Å². The molecule has 3 amide bonds. The summed E-state index contributed by atoms with van der Waals surface area (Å²) in [6.45, 7) is 0.446. The van der Waals surface area contributed by atoms with Crippen LogP contribution in [0.15, 0.2) is 48.5 Å². The second kappa shape index (κ2) is 6.93. The molecule has 124 valence electrons. The molecule has 0 bridgehead atoms. The van der Waals surface area contributed by atoms with Gasteiger partial charge in [0.1, 0.15) is 0 Å². The molecule has 2 atom stereocenters. The van der Waals surface area contributed by atoms with Gasteiger partial charge in [-0.25, -0.2) is 4.79 Å². The number of urea groups is 1. The van der Waals surface area contributed by atoms with E-state index in [0.29, 0.717) is 12.2 Å². The average molecular weight is 344 g/mol. The van der Waals surface area contributed by atoms with E-state index in [1.54, 1.807) is 12.1 Å². The number of carbonyl (C=O) groups is 2. The Labute approximate surface area is 145 Å². The second-order valence-corrected chi connectivity index (χ2v) is 6.28. The lowest BCUT2D eigenvalue weighted by molar-refractivity contribution is -0.122. The van der Waals surface area contributed by atoms with Crippen molar-refractivity contribution in [3.63, 3.8) is 0 Å². The maximum atomic E-state index is 12.3. The number of hydrogen-bond acceptors (Lipinski definition) is 2.